The van der Waals surface area contributed by atoms with E-state index in [1.54, 1.807) is 12.2 Å². The van der Waals surface area contributed by atoms with Gasteiger partial charge < -0.3 is 19.1 Å². The second-order valence-electron chi connectivity index (χ2n) is 6.07. The minimum atomic E-state index is -0.0388. The van der Waals surface area contributed by atoms with Crippen molar-refractivity contribution in [1.82, 2.24) is 0 Å². The van der Waals surface area contributed by atoms with E-state index in [0.29, 0.717) is 17.1 Å². The van der Waals surface area contributed by atoms with Crippen molar-refractivity contribution in [3.05, 3.63) is 58.1 Å². The molecule has 4 rings (SSSR count). The molecule has 0 atom stereocenters. The van der Waals surface area contributed by atoms with E-state index >= 15 is 0 Å². The lowest BCUT2D eigenvalue weighted by Gasteiger charge is -2.28. The number of fused-ring (bicyclic) bond motifs is 1. The van der Waals surface area contributed by atoms with Gasteiger partial charge in [-0.3, -0.25) is 4.79 Å². The Balaban J connectivity index is 1.47. The summed E-state index contributed by atoms with van der Waals surface area (Å²) in [4.78, 5) is 14.7. The van der Waals surface area contributed by atoms with Crippen molar-refractivity contribution in [2.45, 2.75) is 0 Å². The van der Waals surface area contributed by atoms with Crippen LogP contribution < -0.4 is 14.4 Å². The number of ketones is 1. The quantitative estimate of drug-likeness (QED) is 0.559. The molecule has 0 unspecified atom stereocenters. The summed E-state index contributed by atoms with van der Waals surface area (Å²) in [5.74, 6) is 1.36. The zero-order valence-corrected chi connectivity index (χ0v) is 15.7. The number of allylic oxidation sites excluding steroid dienone is 1. The van der Waals surface area contributed by atoms with Gasteiger partial charge in [-0.1, -0.05) is 15.9 Å². The lowest BCUT2D eigenvalue weighted by atomic mass is 10.1. The number of halogens is 1. The standard InChI is InChI=1S/C20H18BrNO4/c21-17-12-20-19(25-13-26-20)11-15(17)3-6-18(23)14-1-4-16(5-2-14)22-7-9-24-10-8-22/h1-6,11-12H,7-10,13H2/b6-3+. The van der Waals surface area contributed by atoms with E-state index in [4.69, 9.17) is 14.2 Å². The molecule has 6 heteroatoms. The smallest absolute Gasteiger partial charge is 0.231 e. The summed E-state index contributed by atoms with van der Waals surface area (Å²) in [5, 5.41) is 0. The minimum Gasteiger partial charge on any atom is -0.454 e. The molecule has 0 N–H and O–H groups in total. The van der Waals surface area contributed by atoms with Gasteiger partial charge >= 0.3 is 0 Å². The van der Waals surface area contributed by atoms with Crippen LogP contribution in [0.4, 0.5) is 5.69 Å². The fourth-order valence-corrected chi connectivity index (χ4v) is 3.43. The molecule has 26 heavy (non-hydrogen) atoms. The molecule has 134 valence electrons. The van der Waals surface area contributed by atoms with Crippen molar-refractivity contribution in [2.75, 3.05) is 38.0 Å². The molecule has 0 aromatic heterocycles. The first-order chi connectivity index (χ1) is 12.7. The van der Waals surface area contributed by atoms with E-state index in [-0.39, 0.29) is 12.6 Å². The third kappa shape index (κ3) is 3.61. The molecule has 0 spiro atoms. The number of anilines is 1. The highest BCUT2D eigenvalue weighted by Gasteiger charge is 2.15. The van der Waals surface area contributed by atoms with Gasteiger partial charge in [0, 0.05) is 28.8 Å². The number of carbonyl (C=O) groups excluding carboxylic acids is 1. The van der Waals surface area contributed by atoms with Crippen LogP contribution in [-0.2, 0) is 4.74 Å². The number of morpholine rings is 1. The van der Waals surface area contributed by atoms with Crippen molar-refractivity contribution in [2.24, 2.45) is 0 Å². The first-order valence-electron chi connectivity index (χ1n) is 8.45. The molecule has 1 fully saturated rings. The van der Waals surface area contributed by atoms with Gasteiger partial charge in [-0.2, -0.15) is 0 Å². The molecule has 0 bridgehead atoms. The Morgan fingerprint density at radius 1 is 1.04 bits per heavy atom. The van der Waals surface area contributed by atoms with Crippen LogP contribution in [0.25, 0.3) is 6.08 Å². The summed E-state index contributed by atoms with van der Waals surface area (Å²) < 4.78 is 16.9. The van der Waals surface area contributed by atoms with Crippen LogP contribution in [0.1, 0.15) is 15.9 Å². The average Bonchev–Trinajstić information content (AvgIpc) is 3.14. The maximum atomic E-state index is 12.5. The number of nitrogens with zero attached hydrogens (tertiary/aromatic N) is 1. The summed E-state index contributed by atoms with van der Waals surface area (Å²) in [6.07, 6.45) is 3.36. The molecule has 2 aromatic rings. The number of hydrogen-bond donors (Lipinski definition) is 0. The first kappa shape index (κ1) is 17.1. The van der Waals surface area contributed by atoms with Gasteiger partial charge in [-0.15, -0.1) is 0 Å². The van der Waals surface area contributed by atoms with E-state index in [9.17, 15) is 4.79 Å². The highest BCUT2D eigenvalue weighted by molar-refractivity contribution is 9.10. The molecular formula is C20H18BrNO4. The summed E-state index contributed by atoms with van der Waals surface area (Å²) in [5.41, 5.74) is 2.65. The molecule has 2 aliphatic rings. The molecule has 0 aliphatic carbocycles. The maximum absolute atomic E-state index is 12.5. The largest absolute Gasteiger partial charge is 0.454 e. The van der Waals surface area contributed by atoms with Gasteiger partial charge in [-0.25, -0.2) is 0 Å². The van der Waals surface area contributed by atoms with Crippen LogP contribution >= 0.6 is 15.9 Å². The Morgan fingerprint density at radius 2 is 1.73 bits per heavy atom. The summed E-state index contributed by atoms with van der Waals surface area (Å²) in [6, 6.07) is 11.4. The van der Waals surface area contributed by atoms with Gasteiger partial charge in [0.25, 0.3) is 0 Å². The summed E-state index contributed by atoms with van der Waals surface area (Å²) >= 11 is 3.50. The maximum Gasteiger partial charge on any atom is 0.231 e. The molecule has 2 aliphatic heterocycles. The summed E-state index contributed by atoms with van der Waals surface area (Å²) in [6.45, 7) is 3.47. The Morgan fingerprint density at radius 3 is 2.46 bits per heavy atom. The number of rotatable bonds is 4. The molecule has 2 heterocycles. The topological polar surface area (TPSA) is 48.0 Å². The van der Waals surface area contributed by atoms with Crippen LogP contribution in [0.2, 0.25) is 0 Å². The molecule has 0 radical (unpaired) electrons. The van der Waals surface area contributed by atoms with Gasteiger partial charge in [0.05, 0.1) is 13.2 Å². The Kier molecular flexibility index (Phi) is 4.95. The predicted molar refractivity (Wildman–Crippen MR) is 103 cm³/mol. The monoisotopic (exact) mass is 415 g/mol. The molecule has 1 saturated heterocycles. The SMILES string of the molecule is O=C(/C=C/c1cc2c(cc1Br)OCO2)c1ccc(N2CCOCC2)cc1. The fourth-order valence-electron chi connectivity index (χ4n) is 2.98. The summed E-state index contributed by atoms with van der Waals surface area (Å²) in [7, 11) is 0. The number of carbonyl (C=O) groups is 1. The molecule has 0 saturated carbocycles. The number of benzene rings is 2. The minimum absolute atomic E-state index is 0.0388. The van der Waals surface area contributed by atoms with Gasteiger partial charge in [0.2, 0.25) is 6.79 Å². The first-order valence-corrected chi connectivity index (χ1v) is 9.24. The molecule has 5 nitrogen and oxygen atoms in total. The van der Waals surface area contributed by atoms with Crippen molar-refractivity contribution in [3.63, 3.8) is 0 Å². The second-order valence-corrected chi connectivity index (χ2v) is 6.93. The molecule has 0 amide bonds. The van der Waals surface area contributed by atoms with Crippen molar-refractivity contribution >= 4 is 33.5 Å². The van der Waals surface area contributed by atoms with Gasteiger partial charge in [0.1, 0.15) is 0 Å². The van der Waals surface area contributed by atoms with Crippen LogP contribution in [0.3, 0.4) is 0 Å². The van der Waals surface area contributed by atoms with E-state index in [2.05, 4.69) is 20.8 Å². The number of hydrogen-bond acceptors (Lipinski definition) is 5. The lowest BCUT2D eigenvalue weighted by molar-refractivity contribution is 0.104. The Bertz CT molecular complexity index is 842. The van der Waals surface area contributed by atoms with E-state index < -0.39 is 0 Å². The van der Waals surface area contributed by atoms with Crippen LogP contribution in [0, 0.1) is 0 Å². The predicted octanol–water partition coefficient (Wildman–Crippen LogP) is 3.91. The average molecular weight is 416 g/mol. The van der Waals surface area contributed by atoms with Crippen LogP contribution in [0.5, 0.6) is 11.5 Å². The molecular weight excluding hydrogens is 398 g/mol. The van der Waals surface area contributed by atoms with E-state index in [1.807, 2.05) is 36.4 Å². The van der Waals surface area contributed by atoms with Crippen molar-refractivity contribution in [3.8, 4) is 11.5 Å². The van der Waals surface area contributed by atoms with Crippen LogP contribution in [-0.4, -0.2) is 38.9 Å². The Labute approximate surface area is 160 Å². The van der Waals surface area contributed by atoms with Crippen molar-refractivity contribution in [1.29, 1.82) is 0 Å². The second kappa shape index (κ2) is 7.51. The van der Waals surface area contributed by atoms with Crippen molar-refractivity contribution < 1.29 is 19.0 Å². The zero-order chi connectivity index (χ0) is 17.9. The van der Waals surface area contributed by atoms with E-state index in [1.165, 1.54) is 0 Å². The normalized spacial score (nSPS) is 16.3. The lowest BCUT2D eigenvalue weighted by Crippen LogP contribution is -2.36. The number of ether oxygens (including phenoxy) is 3. The fraction of sp³-hybridized carbons (Fsp3) is 0.250. The Hall–Kier alpha value is -2.31. The van der Waals surface area contributed by atoms with Gasteiger partial charge in [-0.05, 0) is 54.1 Å². The van der Waals surface area contributed by atoms with Gasteiger partial charge in [0.15, 0.2) is 17.3 Å². The zero-order valence-electron chi connectivity index (χ0n) is 14.1. The van der Waals surface area contributed by atoms with Crippen LogP contribution in [0.15, 0.2) is 46.9 Å². The highest BCUT2D eigenvalue weighted by Crippen LogP contribution is 2.37. The third-order valence-corrected chi connectivity index (χ3v) is 5.12. The third-order valence-electron chi connectivity index (χ3n) is 4.43. The van der Waals surface area contributed by atoms with E-state index in [0.717, 1.165) is 42.0 Å². The molecule has 2 aromatic carbocycles. The highest BCUT2D eigenvalue weighted by atomic mass is 79.9.